The second-order valence-corrected chi connectivity index (χ2v) is 7.12. The molecular formula is C16H33N3. The molecule has 2 aliphatic heterocycles. The third-order valence-corrected chi connectivity index (χ3v) is 4.70. The number of hydrogen-bond donors (Lipinski definition) is 0. The topological polar surface area (TPSA) is 9.72 Å². The van der Waals surface area contributed by atoms with Crippen LogP contribution in [0.1, 0.15) is 40.5 Å². The lowest BCUT2D eigenvalue weighted by Crippen LogP contribution is -2.56. The number of piperidine rings is 1. The smallest absolute Gasteiger partial charge is 0.0224 e. The molecule has 1 unspecified atom stereocenters. The number of hydrogen-bond acceptors (Lipinski definition) is 3. The molecular weight excluding hydrogens is 234 g/mol. The number of likely N-dealkylation sites (tertiary alicyclic amines) is 1. The fourth-order valence-electron chi connectivity index (χ4n) is 3.63. The molecule has 112 valence electrons. The Kier molecular flexibility index (Phi) is 5.67. The van der Waals surface area contributed by atoms with Gasteiger partial charge in [-0.05, 0) is 39.2 Å². The van der Waals surface area contributed by atoms with Crippen molar-refractivity contribution in [1.29, 1.82) is 0 Å². The molecule has 0 saturated carbocycles. The van der Waals surface area contributed by atoms with Crippen LogP contribution in [-0.4, -0.2) is 72.6 Å². The van der Waals surface area contributed by atoms with E-state index in [0.717, 1.165) is 12.0 Å². The molecule has 2 aliphatic rings. The molecule has 0 amide bonds. The summed E-state index contributed by atoms with van der Waals surface area (Å²) >= 11 is 0. The average molecular weight is 267 g/mol. The highest BCUT2D eigenvalue weighted by molar-refractivity contribution is 4.85. The molecule has 0 aromatic carbocycles. The molecule has 0 aromatic rings. The van der Waals surface area contributed by atoms with E-state index in [2.05, 4.69) is 42.4 Å². The first-order chi connectivity index (χ1) is 9.06. The fourth-order valence-corrected chi connectivity index (χ4v) is 3.63. The van der Waals surface area contributed by atoms with Gasteiger partial charge in [0.05, 0.1) is 0 Å². The highest BCUT2D eigenvalue weighted by atomic mass is 15.3. The fraction of sp³-hybridized carbons (Fsp3) is 1.00. The quantitative estimate of drug-likeness (QED) is 0.772. The molecule has 1 atom stereocenters. The first-order valence-electron chi connectivity index (χ1n) is 8.26. The van der Waals surface area contributed by atoms with Gasteiger partial charge in [-0.15, -0.1) is 0 Å². The molecule has 3 heteroatoms. The molecule has 0 spiro atoms. The third-order valence-electron chi connectivity index (χ3n) is 4.70. The first-order valence-corrected chi connectivity index (χ1v) is 8.26. The van der Waals surface area contributed by atoms with Crippen LogP contribution >= 0.6 is 0 Å². The van der Waals surface area contributed by atoms with E-state index in [0.29, 0.717) is 6.04 Å². The summed E-state index contributed by atoms with van der Waals surface area (Å²) in [4.78, 5) is 8.06. The van der Waals surface area contributed by atoms with Crippen LogP contribution in [-0.2, 0) is 0 Å². The average Bonchev–Trinajstić information content (AvgIpc) is 2.38. The predicted octanol–water partition coefficient (Wildman–Crippen LogP) is 2.13. The van der Waals surface area contributed by atoms with E-state index in [9.17, 15) is 0 Å². The zero-order valence-corrected chi connectivity index (χ0v) is 13.4. The van der Waals surface area contributed by atoms with Crippen molar-refractivity contribution in [1.82, 2.24) is 14.7 Å². The van der Waals surface area contributed by atoms with Crippen LogP contribution in [0.3, 0.4) is 0 Å². The Morgan fingerprint density at radius 2 is 1.63 bits per heavy atom. The van der Waals surface area contributed by atoms with Crippen molar-refractivity contribution in [3.63, 3.8) is 0 Å². The molecule has 2 fully saturated rings. The van der Waals surface area contributed by atoms with Crippen LogP contribution in [0.25, 0.3) is 0 Å². The highest BCUT2D eigenvalue weighted by Crippen LogP contribution is 2.19. The van der Waals surface area contributed by atoms with E-state index >= 15 is 0 Å². The maximum absolute atomic E-state index is 2.76. The summed E-state index contributed by atoms with van der Waals surface area (Å²) < 4.78 is 0. The lowest BCUT2D eigenvalue weighted by Gasteiger charge is -2.44. The summed E-state index contributed by atoms with van der Waals surface area (Å²) in [6.07, 6.45) is 2.80. The Bertz CT molecular complexity index is 257. The Labute approximate surface area is 119 Å². The van der Waals surface area contributed by atoms with Crippen molar-refractivity contribution in [2.45, 2.75) is 52.6 Å². The maximum atomic E-state index is 2.76. The zero-order chi connectivity index (χ0) is 13.8. The summed E-state index contributed by atoms with van der Waals surface area (Å²) in [7, 11) is 0. The SMILES string of the molecule is CC(C)CN1CCCC(N2CCN(C(C)C)CC2)C1. The van der Waals surface area contributed by atoms with Crippen molar-refractivity contribution in [3.8, 4) is 0 Å². The maximum Gasteiger partial charge on any atom is 0.0224 e. The summed E-state index contributed by atoms with van der Waals surface area (Å²) in [5, 5.41) is 0. The van der Waals surface area contributed by atoms with Gasteiger partial charge in [0, 0.05) is 51.4 Å². The standard InChI is InChI=1S/C16H33N3/c1-14(2)12-17-7-5-6-16(13-17)19-10-8-18(9-11-19)15(3)4/h14-16H,5-13H2,1-4H3. The van der Waals surface area contributed by atoms with Gasteiger partial charge in [0.25, 0.3) is 0 Å². The zero-order valence-electron chi connectivity index (χ0n) is 13.4. The van der Waals surface area contributed by atoms with Crippen LogP contribution in [0.15, 0.2) is 0 Å². The third kappa shape index (κ3) is 4.44. The van der Waals surface area contributed by atoms with Gasteiger partial charge in [-0.25, -0.2) is 0 Å². The molecule has 19 heavy (non-hydrogen) atoms. The summed E-state index contributed by atoms with van der Waals surface area (Å²) in [6, 6.07) is 1.53. The van der Waals surface area contributed by atoms with Gasteiger partial charge in [0.15, 0.2) is 0 Å². The van der Waals surface area contributed by atoms with Crippen LogP contribution in [0.2, 0.25) is 0 Å². The number of piperazine rings is 1. The minimum atomic E-state index is 0.714. The van der Waals surface area contributed by atoms with Crippen molar-refractivity contribution in [3.05, 3.63) is 0 Å². The highest BCUT2D eigenvalue weighted by Gasteiger charge is 2.28. The molecule has 0 bridgehead atoms. The Balaban J connectivity index is 1.79. The monoisotopic (exact) mass is 267 g/mol. The minimum absolute atomic E-state index is 0.714. The van der Waals surface area contributed by atoms with Crippen LogP contribution in [0.5, 0.6) is 0 Å². The number of nitrogens with zero attached hydrogens (tertiary/aromatic N) is 3. The molecule has 2 saturated heterocycles. The van der Waals surface area contributed by atoms with E-state index in [1.54, 1.807) is 0 Å². The van der Waals surface area contributed by atoms with Gasteiger partial charge in [-0.3, -0.25) is 9.80 Å². The van der Waals surface area contributed by atoms with Crippen molar-refractivity contribution in [2.75, 3.05) is 45.8 Å². The molecule has 0 aliphatic carbocycles. The van der Waals surface area contributed by atoms with E-state index < -0.39 is 0 Å². The first kappa shape index (κ1) is 15.3. The van der Waals surface area contributed by atoms with Crippen LogP contribution in [0.4, 0.5) is 0 Å². The Morgan fingerprint density at radius 3 is 2.21 bits per heavy atom. The molecule has 2 heterocycles. The van der Waals surface area contributed by atoms with E-state index in [-0.39, 0.29) is 0 Å². The van der Waals surface area contributed by atoms with Gasteiger partial charge in [0.2, 0.25) is 0 Å². The molecule has 0 aromatic heterocycles. The van der Waals surface area contributed by atoms with E-state index in [4.69, 9.17) is 0 Å². The Hall–Kier alpha value is -0.120. The van der Waals surface area contributed by atoms with Crippen LogP contribution < -0.4 is 0 Å². The van der Waals surface area contributed by atoms with Crippen LogP contribution in [0, 0.1) is 5.92 Å². The normalized spacial score (nSPS) is 28.4. The van der Waals surface area contributed by atoms with Gasteiger partial charge in [-0.2, -0.15) is 0 Å². The largest absolute Gasteiger partial charge is 0.302 e. The lowest BCUT2D eigenvalue weighted by molar-refractivity contribution is 0.0398. The van der Waals surface area contributed by atoms with E-state index in [1.165, 1.54) is 58.7 Å². The minimum Gasteiger partial charge on any atom is -0.302 e. The number of rotatable bonds is 4. The second kappa shape index (κ2) is 7.05. The van der Waals surface area contributed by atoms with Crippen molar-refractivity contribution >= 4 is 0 Å². The second-order valence-electron chi connectivity index (χ2n) is 7.12. The van der Waals surface area contributed by atoms with Gasteiger partial charge in [0.1, 0.15) is 0 Å². The van der Waals surface area contributed by atoms with Gasteiger partial charge in [-0.1, -0.05) is 13.8 Å². The van der Waals surface area contributed by atoms with Gasteiger partial charge >= 0.3 is 0 Å². The molecule has 3 nitrogen and oxygen atoms in total. The Morgan fingerprint density at radius 1 is 0.947 bits per heavy atom. The molecule has 0 radical (unpaired) electrons. The lowest BCUT2D eigenvalue weighted by atomic mass is 10.0. The van der Waals surface area contributed by atoms with Gasteiger partial charge < -0.3 is 4.90 Å². The predicted molar refractivity (Wildman–Crippen MR) is 82.6 cm³/mol. The van der Waals surface area contributed by atoms with E-state index in [1.807, 2.05) is 0 Å². The van der Waals surface area contributed by atoms with Crippen molar-refractivity contribution < 1.29 is 0 Å². The summed E-state index contributed by atoms with van der Waals surface area (Å²) in [5.41, 5.74) is 0. The summed E-state index contributed by atoms with van der Waals surface area (Å²) in [6.45, 7) is 18.3. The van der Waals surface area contributed by atoms with Crippen molar-refractivity contribution in [2.24, 2.45) is 5.92 Å². The molecule has 0 N–H and O–H groups in total. The summed E-state index contributed by atoms with van der Waals surface area (Å²) in [5.74, 6) is 0.802. The molecule has 2 rings (SSSR count).